The summed E-state index contributed by atoms with van der Waals surface area (Å²) in [4.78, 5) is 27.8. The zero-order chi connectivity index (χ0) is 13.5. The second-order valence-electron chi connectivity index (χ2n) is 6.18. The average molecular weight is 266 g/mol. The molecule has 2 heterocycles. The molecule has 1 saturated carbocycles. The summed E-state index contributed by atoms with van der Waals surface area (Å²) >= 11 is 0. The molecule has 1 N–H and O–H groups in total. The third kappa shape index (κ3) is 2.24. The fourth-order valence-corrected chi connectivity index (χ4v) is 3.45. The van der Waals surface area contributed by atoms with Crippen molar-refractivity contribution < 1.29 is 14.7 Å². The van der Waals surface area contributed by atoms with Crippen LogP contribution < -0.4 is 0 Å². The molecule has 0 spiro atoms. The van der Waals surface area contributed by atoms with Crippen molar-refractivity contribution in [2.75, 3.05) is 26.2 Å². The van der Waals surface area contributed by atoms with Gasteiger partial charge in [0.1, 0.15) is 5.41 Å². The van der Waals surface area contributed by atoms with Gasteiger partial charge in [0.25, 0.3) is 0 Å². The zero-order valence-electron chi connectivity index (χ0n) is 11.3. The number of carbonyl (C=O) groups is 2. The molecule has 0 aromatic carbocycles. The van der Waals surface area contributed by atoms with E-state index in [2.05, 4.69) is 4.90 Å². The predicted octanol–water partition coefficient (Wildman–Crippen LogP) is 0.938. The molecule has 3 aliphatic rings. The quantitative estimate of drug-likeness (QED) is 0.772. The molecule has 0 aromatic heterocycles. The molecule has 2 aliphatic heterocycles. The van der Waals surface area contributed by atoms with Crippen molar-refractivity contribution in [2.45, 2.75) is 44.6 Å². The normalized spacial score (nSPS) is 30.3. The highest BCUT2D eigenvalue weighted by molar-refractivity contribution is 6.04. The minimum Gasteiger partial charge on any atom is -0.480 e. The highest BCUT2D eigenvalue weighted by atomic mass is 16.4. The standard InChI is InChI=1S/C14H22N2O3/c17-12(14(5-6-14)13(18)19)16-9-4-11(10-16)15-7-2-1-3-8-15/h11H,1-10H2,(H,18,19). The molecule has 0 radical (unpaired) electrons. The molecule has 0 aromatic rings. The monoisotopic (exact) mass is 266 g/mol. The fraction of sp³-hybridized carbons (Fsp3) is 0.857. The minimum atomic E-state index is -1.06. The smallest absolute Gasteiger partial charge is 0.319 e. The van der Waals surface area contributed by atoms with Gasteiger partial charge in [-0.15, -0.1) is 0 Å². The first-order valence-electron chi connectivity index (χ1n) is 7.40. The summed E-state index contributed by atoms with van der Waals surface area (Å²) in [6, 6.07) is 0.453. The molecular formula is C14H22N2O3. The number of carbonyl (C=O) groups excluding carboxylic acids is 1. The van der Waals surface area contributed by atoms with E-state index < -0.39 is 11.4 Å². The van der Waals surface area contributed by atoms with E-state index in [1.165, 1.54) is 19.3 Å². The molecule has 0 bridgehead atoms. The number of nitrogens with zero attached hydrogens (tertiary/aromatic N) is 2. The number of likely N-dealkylation sites (tertiary alicyclic amines) is 2. The maximum Gasteiger partial charge on any atom is 0.319 e. The van der Waals surface area contributed by atoms with Crippen molar-refractivity contribution in [3.05, 3.63) is 0 Å². The van der Waals surface area contributed by atoms with Gasteiger partial charge in [0.15, 0.2) is 0 Å². The fourth-order valence-electron chi connectivity index (χ4n) is 3.45. The maximum absolute atomic E-state index is 12.3. The van der Waals surface area contributed by atoms with Gasteiger partial charge in [-0.25, -0.2) is 0 Å². The van der Waals surface area contributed by atoms with Crippen LogP contribution in [0.4, 0.5) is 0 Å². The highest BCUT2D eigenvalue weighted by Crippen LogP contribution is 2.48. The predicted molar refractivity (Wildman–Crippen MR) is 69.7 cm³/mol. The van der Waals surface area contributed by atoms with Crippen molar-refractivity contribution >= 4 is 11.9 Å². The second-order valence-corrected chi connectivity index (χ2v) is 6.18. The third-order valence-electron chi connectivity index (χ3n) is 4.93. The number of rotatable bonds is 3. The molecule has 19 heavy (non-hydrogen) atoms. The molecule has 2 saturated heterocycles. The van der Waals surface area contributed by atoms with Crippen molar-refractivity contribution in [1.29, 1.82) is 0 Å². The highest BCUT2D eigenvalue weighted by Gasteiger charge is 2.59. The van der Waals surface area contributed by atoms with Crippen LogP contribution in [0.25, 0.3) is 0 Å². The molecule has 1 amide bonds. The summed E-state index contributed by atoms with van der Waals surface area (Å²) in [5.74, 6) is -1.07. The summed E-state index contributed by atoms with van der Waals surface area (Å²) in [5.41, 5.74) is -1.06. The van der Waals surface area contributed by atoms with Gasteiger partial charge in [0, 0.05) is 19.1 Å². The molecule has 1 aliphatic carbocycles. The summed E-state index contributed by atoms with van der Waals surface area (Å²) in [5, 5.41) is 9.19. The van der Waals surface area contributed by atoms with Crippen molar-refractivity contribution in [1.82, 2.24) is 9.80 Å². The number of carboxylic acid groups (broad SMARTS) is 1. The first kappa shape index (κ1) is 12.9. The summed E-state index contributed by atoms with van der Waals surface area (Å²) in [7, 11) is 0. The van der Waals surface area contributed by atoms with E-state index in [-0.39, 0.29) is 5.91 Å². The Morgan fingerprint density at radius 3 is 2.32 bits per heavy atom. The molecule has 5 nitrogen and oxygen atoms in total. The lowest BCUT2D eigenvalue weighted by atomic mass is 10.1. The number of hydrogen-bond donors (Lipinski definition) is 1. The Morgan fingerprint density at radius 1 is 1.05 bits per heavy atom. The van der Waals surface area contributed by atoms with E-state index in [0.29, 0.717) is 18.9 Å². The van der Waals surface area contributed by atoms with Gasteiger partial charge in [0.05, 0.1) is 0 Å². The van der Waals surface area contributed by atoms with Gasteiger partial charge in [0.2, 0.25) is 5.91 Å². The second kappa shape index (κ2) is 4.78. The Balaban J connectivity index is 1.59. The van der Waals surface area contributed by atoms with Gasteiger partial charge in [-0.3, -0.25) is 14.5 Å². The number of aliphatic carboxylic acids is 1. The minimum absolute atomic E-state index is 0.139. The van der Waals surface area contributed by atoms with Gasteiger partial charge in [-0.05, 0) is 45.2 Å². The van der Waals surface area contributed by atoms with Crippen LogP contribution >= 0.6 is 0 Å². The lowest BCUT2D eigenvalue weighted by molar-refractivity contribution is -0.153. The molecule has 3 rings (SSSR count). The van der Waals surface area contributed by atoms with Crippen LogP contribution in [-0.4, -0.2) is 59.0 Å². The van der Waals surface area contributed by atoms with Gasteiger partial charge in [-0.2, -0.15) is 0 Å². The molecule has 1 atom stereocenters. The molecule has 106 valence electrons. The summed E-state index contributed by atoms with van der Waals surface area (Å²) in [6.07, 6.45) is 5.86. The largest absolute Gasteiger partial charge is 0.480 e. The van der Waals surface area contributed by atoms with E-state index >= 15 is 0 Å². The topological polar surface area (TPSA) is 60.9 Å². The van der Waals surface area contributed by atoms with Crippen molar-refractivity contribution in [3.63, 3.8) is 0 Å². The third-order valence-corrected chi connectivity index (χ3v) is 4.93. The van der Waals surface area contributed by atoms with E-state index in [9.17, 15) is 14.7 Å². The number of piperidine rings is 1. The maximum atomic E-state index is 12.3. The number of carboxylic acids is 1. The number of amides is 1. The van der Waals surface area contributed by atoms with Gasteiger partial charge >= 0.3 is 5.97 Å². The SMILES string of the molecule is O=C(O)C1(C(=O)N2CCC(N3CCCCC3)C2)CC1. The Kier molecular flexibility index (Phi) is 3.25. The lowest BCUT2D eigenvalue weighted by Gasteiger charge is -2.32. The van der Waals surface area contributed by atoms with Crippen molar-refractivity contribution in [3.8, 4) is 0 Å². The average Bonchev–Trinajstić information content (AvgIpc) is 3.10. The van der Waals surface area contributed by atoms with Crippen LogP contribution in [0.5, 0.6) is 0 Å². The van der Waals surface area contributed by atoms with E-state index in [4.69, 9.17) is 0 Å². The summed E-state index contributed by atoms with van der Waals surface area (Å²) < 4.78 is 0. The zero-order valence-corrected chi connectivity index (χ0v) is 11.3. The Morgan fingerprint density at radius 2 is 1.74 bits per heavy atom. The van der Waals surface area contributed by atoms with Crippen molar-refractivity contribution in [2.24, 2.45) is 5.41 Å². The number of hydrogen-bond acceptors (Lipinski definition) is 3. The Labute approximate surface area is 113 Å². The molecule has 3 fully saturated rings. The van der Waals surface area contributed by atoms with Gasteiger partial charge in [-0.1, -0.05) is 6.42 Å². The first-order valence-corrected chi connectivity index (χ1v) is 7.40. The lowest BCUT2D eigenvalue weighted by Crippen LogP contribution is -2.44. The molecule has 1 unspecified atom stereocenters. The van der Waals surface area contributed by atoms with E-state index in [1.54, 1.807) is 4.90 Å². The Bertz CT molecular complexity index is 386. The van der Waals surface area contributed by atoms with Crippen LogP contribution in [0.1, 0.15) is 38.5 Å². The molecular weight excluding hydrogens is 244 g/mol. The van der Waals surface area contributed by atoms with Crippen LogP contribution in [0.15, 0.2) is 0 Å². The van der Waals surface area contributed by atoms with E-state index in [0.717, 1.165) is 32.6 Å². The Hall–Kier alpha value is -1.10. The van der Waals surface area contributed by atoms with Crippen LogP contribution in [-0.2, 0) is 9.59 Å². The van der Waals surface area contributed by atoms with Gasteiger partial charge < -0.3 is 10.0 Å². The molecule has 5 heteroatoms. The first-order chi connectivity index (χ1) is 9.13. The summed E-state index contributed by atoms with van der Waals surface area (Å²) in [6.45, 7) is 3.73. The van der Waals surface area contributed by atoms with E-state index in [1.807, 2.05) is 0 Å². The van der Waals surface area contributed by atoms with Crippen LogP contribution in [0, 0.1) is 5.41 Å². The van der Waals surface area contributed by atoms with Crippen LogP contribution in [0.2, 0.25) is 0 Å². The van der Waals surface area contributed by atoms with Crippen LogP contribution in [0.3, 0.4) is 0 Å².